The number of hydrogen-bond donors (Lipinski definition) is 1. The zero-order chi connectivity index (χ0) is 14.8. The van der Waals surface area contributed by atoms with Crippen molar-refractivity contribution in [1.82, 2.24) is 0 Å². The molecule has 0 saturated carbocycles. The van der Waals surface area contributed by atoms with Crippen molar-refractivity contribution in [3.8, 4) is 0 Å². The van der Waals surface area contributed by atoms with E-state index in [1.807, 2.05) is 0 Å². The lowest BCUT2D eigenvalue weighted by Gasteiger charge is -2.28. The third kappa shape index (κ3) is 3.20. The quantitative estimate of drug-likeness (QED) is 0.891. The predicted molar refractivity (Wildman–Crippen MR) is 89.3 cm³/mol. The van der Waals surface area contributed by atoms with E-state index < -0.39 is 0 Å². The van der Waals surface area contributed by atoms with Gasteiger partial charge in [0.05, 0.1) is 12.7 Å². The van der Waals surface area contributed by atoms with Gasteiger partial charge in [-0.15, -0.1) is 0 Å². The maximum Gasteiger partial charge on any atom is 0.0845 e. The van der Waals surface area contributed by atoms with E-state index in [0.717, 1.165) is 29.5 Å². The summed E-state index contributed by atoms with van der Waals surface area (Å²) >= 11 is 3.58. The molecule has 2 atom stereocenters. The smallest absolute Gasteiger partial charge is 0.0845 e. The molecule has 1 heterocycles. The van der Waals surface area contributed by atoms with E-state index in [4.69, 9.17) is 10.5 Å². The van der Waals surface area contributed by atoms with E-state index in [9.17, 15) is 0 Å². The van der Waals surface area contributed by atoms with Gasteiger partial charge in [0.1, 0.15) is 0 Å². The normalized spacial score (nSPS) is 19.1. The first-order valence-electron chi connectivity index (χ1n) is 7.36. The Morgan fingerprint density at radius 3 is 2.90 bits per heavy atom. The van der Waals surface area contributed by atoms with Crippen molar-refractivity contribution in [3.63, 3.8) is 0 Å². The molecule has 0 saturated heterocycles. The maximum atomic E-state index is 6.40. The molecule has 1 aliphatic rings. The summed E-state index contributed by atoms with van der Waals surface area (Å²) in [4.78, 5) is 0. The molecule has 0 spiro atoms. The number of aryl methyl sites for hydroxylation is 1. The third-order valence-electron chi connectivity index (χ3n) is 4.18. The van der Waals surface area contributed by atoms with Crippen LogP contribution in [0.3, 0.4) is 0 Å². The molecular weight excluding hydrogens is 326 g/mol. The van der Waals surface area contributed by atoms with Crippen molar-refractivity contribution < 1.29 is 4.74 Å². The van der Waals surface area contributed by atoms with Crippen LogP contribution in [0.2, 0.25) is 0 Å². The molecule has 0 aliphatic carbocycles. The number of ether oxygens (including phenoxy) is 1. The van der Waals surface area contributed by atoms with Gasteiger partial charge < -0.3 is 10.5 Å². The second-order valence-corrected chi connectivity index (χ2v) is 6.51. The summed E-state index contributed by atoms with van der Waals surface area (Å²) in [5.74, 6) is 0. The summed E-state index contributed by atoms with van der Waals surface area (Å²) in [7, 11) is 0. The van der Waals surface area contributed by atoms with Crippen LogP contribution in [0.4, 0.5) is 0 Å². The van der Waals surface area contributed by atoms with Gasteiger partial charge in [0, 0.05) is 10.5 Å². The Kier molecular flexibility index (Phi) is 4.43. The van der Waals surface area contributed by atoms with Gasteiger partial charge in [-0.1, -0.05) is 52.3 Å². The second kappa shape index (κ2) is 6.30. The molecule has 1 aliphatic heterocycles. The molecule has 2 N–H and O–H groups in total. The van der Waals surface area contributed by atoms with Gasteiger partial charge in [-0.3, -0.25) is 0 Å². The number of rotatable bonds is 3. The summed E-state index contributed by atoms with van der Waals surface area (Å²) in [6.07, 6.45) is 1.91. The maximum absolute atomic E-state index is 6.40. The van der Waals surface area contributed by atoms with Crippen molar-refractivity contribution in [1.29, 1.82) is 0 Å². The van der Waals surface area contributed by atoms with Crippen LogP contribution in [0.1, 0.15) is 40.8 Å². The van der Waals surface area contributed by atoms with E-state index >= 15 is 0 Å². The minimum Gasteiger partial charge on any atom is -0.373 e. The van der Waals surface area contributed by atoms with Gasteiger partial charge in [-0.05, 0) is 48.1 Å². The summed E-state index contributed by atoms with van der Waals surface area (Å²) in [5, 5.41) is 0. The molecule has 3 heteroatoms. The first kappa shape index (κ1) is 14.8. The van der Waals surface area contributed by atoms with Crippen LogP contribution in [-0.4, -0.2) is 6.61 Å². The van der Waals surface area contributed by atoms with E-state index in [1.165, 1.54) is 16.7 Å². The van der Waals surface area contributed by atoms with Gasteiger partial charge in [0.25, 0.3) is 0 Å². The fourth-order valence-corrected chi connectivity index (χ4v) is 3.27. The van der Waals surface area contributed by atoms with E-state index in [0.29, 0.717) is 0 Å². The van der Waals surface area contributed by atoms with E-state index in [-0.39, 0.29) is 12.1 Å². The average molecular weight is 346 g/mol. The first-order chi connectivity index (χ1) is 10.1. The Hall–Kier alpha value is -1.16. The van der Waals surface area contributed by atoms with Gasteiger partial charge >= 0.3 is 0 Å². The lowest BCUT2D eigenvalue weighted by molar-refractivity contribution is 0.0320. The molecule has 2 aromatic rings. The first-order valence-corrected chi connectivity index (χ1v) is 8.15. The van der Waals surface area contributed by atoms with Crippen LogP contribution in [0.5, 0.6) is 0 Å². The minimum atomic E-state index is -0.0157. The topological polar surface area (TPSA) is 35.2 Å². The molecule has 2 nitrogen and oxygen atoms in total. The van der Waals surface area contributed by atoms with Crippen molar-refractivity contribution in [2.24, 2.45) is 5.73 Å². The zero-order valence-corrected chi connectivity index (χ0v) is 13.8. The zero-order valence-electron chi connectivity index (χ0n) is 12.2. The lowest BCUT2D eigenvalue weighted by atomic mass is 9.91. The second-order valence-electron chi connectivity index (χ2n) is 5.66. The van der Waals surface area contributed by atoms with Crippen molar-refractivity contribution >= 4 is 15.9 Å². The molecule has 3 rings (SSSR count). The van der Waals surface area contributed by atoms with Crippen LogP contribution in [-0.2, 0) is 11.2 Å². The lowest BCUT2D eigenvalue weighted by Crippen LogP contribution is -2.21. The van der Waals surface area contributed by atoms with Crippen molar-refractivity contribution in [2.45, 2.75) is 31.9 Å². The molecule has 21 heavy (non-hydrogen) atoms. The van der Waals surface area contributed by atoms with Gasteiger partial charge in [0.15, 0.2) is 0 Å². The largest absolute Gasteiger partial charge is 0.373 e. The number of benzene rings is 2. The molecule has 0 radical (unpaired) electrons. The van der Waals surface area contributed by atoms with Gasteiger partial charge in [0.2, 0.25) is 0 Å². The molecule has 2 unspecified atom stereocenters. The highest BCUT2D eigenvalue weighted by atomic mass is 79.9. The molecule has 0 amide bonds. The van der Waals surface area contributed by atoms with Gasteiger partial charge in [-0.2, -0.15) is 0 Å². The molecule has 0 bridgehead atoms. The van der Waals surface area contributed by atoms with Crippen LogP contribution in [0, 0.1) is 6.92 Å². The average Bonchev–Trinajstić information content (AvgIpc) is 2.50. The molecular formula is C18H20BrNO. The van der Waals surface area contributed by atoms with E-state index in [2.05, 4.69) is 65.3 Å². The summed E-state index contributed by atoms with van der Waals surface area (Å²) in [6.45, 7) is 2.87. The Morgan fingerprint density at radius 2 is 2.10 bits per heavy atom. The van der Waals surface area contributed by atoms with Crippen LogP contribution < -0.4 is 5.73 Å². The number of fused-ring (bicyclic) bond motifs is 1. The molecule has 0 aromatic heterocycles. The standard InChI is InChI=1S/C18H20BrNO/c1-12-6-7-14(10-16(12)19)17(20)11-18-15-5-3-2-4-13(15)8-9-21-18/h2-7,10,17-18H,8-9,11,20H2,1H3. The van der Waals surface area contributed by atoms with Crippen LogP contribution in [0.15, 0.2) is 46.9 Å². The number of nitrogens with two attached hydrogens (primary N) is 1. The van der Waals surface area contributed by atoms with Crippen LogP contribution >= 0.6 is 15.9 Å². The highest BCUT2D eigenvalue weighted by Crippen LogP contribution is 2.34. The third-order valence-corrected chi connectivity index (χ3v) is 5.04. The SMILES string of the molecule is Cc1ccc(C(N)CC2OCCc3ccccc32)cc1Br. The Morgan fingerprint density at radius 1 is 1.29 bits per heavy atom. The summed E-state index contributed by atoms with van der Waals surface area (Å²) < 4.78 is 7.07. The fourth-order valence-electron chi connectivity index (χ4n) is 2.88. The monoisotopic (exact) mass is 345 g/mol. The molecule has 2 aromatic carbocycles. The summed E-state index contributed by atoms with van der Waals surface area (Å²) in [6, 6.07) is 14.9. The molecule has 0 fully saturated rings. The fraction of sp³-hybridized carbons (Fsp3) is 0.333. The Labute approximate surface area is 134 Å². The highest BCUT2D eigenvalue weighted by molar-refractivity contribution is 9.10. The van der Waals surface area contributed by atoms with Crippen LogP contribution in [0.25, 0.3) is 0 Å². The highest BCUT2D eigenvalue weighted by Gasteiger charge is 2.23. The predicted octanol–water partition coefficient (Wildman–Crippen LogP) is 4.46. The Balaban J connectivity index is 1.79. The Bertz CT molecular complexity index is 641. The van der Waals surface area contributed by atoms with Crippen molar-refractivity contribution in [3.05, 3.63) is 69.2 Å². The molecule has 110 valence electrons. The summed E-state index contributed by atoms with van der Waals surface area (Å²) in [5.41, 5.74) is 11.5. The van der Waals surface area contributed by atoms with Gasteiger partial charge in [-0.25, -0.2) is 0 Å². The number of halogens is 1. The minimum absolute atomic E-state index is 0.0157. The number of hydrogen-bond acceptors (Lipinski definition) is 2. The van der Waals surface area contributed by atoms with Crippen molar-refractivity contribution in [2.75, 3.05) is 6.61 Å². The van der Waals surface area contributed by atoms with E-state index in [1.54, 1.807) is 0 Å².